The van der Waals surface area contributed by atoms with E-state index in [1.54, 1.807) is 30.3 Å². The lowest BCUT2D eigenvalue weighted by Gasteiger charge is -2.11. The molecule has 0 spiro atoms. The van der Waals surface area contributed by atoms with E-state index in [1.165, 1.54) is 31.0 Å². The highest BCUT2D eigenvalue weighted by Gasteiger charge is 2.13. The molecule has 1 aromatic heterocycles. The van der Waals surface area contributed by atoms with Crippen molar-refractivity contribution in [1.29, 1.82) is 0 Å². The van der Waals surface area contributed by atoms with Gasteiger partial charge in [-0.05, 0) is 48.0 Å². The van der Waals surface area contributed by atoms with Crippen molar-refractivity contribution in [3.05, 3.63) is 88.8 Å². The molecule has 0 aliphatic rings. The number of halogens is 2. The molecule has 5 nitrogen and oxygen atoms in total. The number of methoxy groups -OCH3 is 1. The third-order valence-electron chi connectivity index (χ3n) is 4.67. The number of hydrogen-bond acceptors (Lipinski definition) is 5. The van der Waals surface area contributed by atoms with E-state index < -0.39 is 0 Å². The van der Waals surface area contributed by atoms with Crippen molar-refractivity contribution in [3.8, 4) is 5.75 Å². The minimum Gasteiger partial charge on any atom is -0.495 e. The number of carbonyl (C=O) groups is 1. The van der Waals surface area contributed by atoms with E-state index in [4.69, 9.17) is 26.3 Å². The van der Waals surface area contributed by atoms with Gasteiger partial charge in [0, 0.05) is 12.1 Å². The van der Waals surface area contributed by atoms with Gasteiger partial charge in [-0.3, -0.25) is 4.79 Å². The number of carbonyl (C=O) groups excluding carboxylic acids is 1. The Balaban J connectivity index is 1.52. The first-order valence-corrected chi connectivity index (χ1v) is 11.1. The molecule has 32 heavy (non-hydrogen) atoms. The number of thioether (sulfide) groups is 1. The molecule has 1 heterocycles. The molecular weight excluding hydrogens is 449 g/mol. The second kappa shape index (κ2) is 9.97. The van der Waals surface area contributed by atoms with Crippen LogP contribution < -0.4 is 10.1 Å². The highest BCUT2D eigenvalue weighted by atomic mass is 35.5. The molecule has 162 valence electrons. The second-order valence-electron chi connectivity index (χ2n) is 6.95. The van der Waals surface area contributed by atoms with Crippen molar-refractivity contribution in [2.75, 3.05) is 18.2 Å². The lowest BCUT2D eigenvalue weighted by Crippen LogP contribution is -2.14. The first-order chi connectivity index (χ1) is 15.5. The number of anilines is 1. The standard InChI is InChI=1S/C24H19ClFN3O2S/c1-31-22-11-10-17(13-18(22)25)27-23(30)14-32-24-21(12-15-6-8-16(26)9-7-15)28-19-4-2-3-5-20(19)29-24/h2-11,13H,12,14H2,1H3,(H,27,30). The number of benzene rings is 3. The summed E-state index contributed by atoms with van der Waals surface area (Å²) in [4.78, 5) is 22.0. The number of amides is 1. The summed E-state index contributed by atoms with van der Waals surface area (Å²) in [6.07, 6.45) is 0.482. The number of ether oxygens (including phenoxy) is 1. The van der Waals surface area contributed by atoms with Crippen LogP contribution >= 0.6 is 23.4 Å². The van der Waals surface area contributed by atoms with Gasteiger partial charge in [0.25, 0.3) is 0 Å². The van der Waals surface area contributed by atoms with E-state index in [0.29, 0.717) is 27.9 Å². The molecule has 0 radical (unpaired) electrons. The van der Waals surface area contributed by atoms with Crippen LogP contribution in [-0.2, 0) is 11.2 Å². The van der Waals surface area contributed by atoms with Gasteiger partial charge in [-0.15, -0.1) is 0 Å². The molecule has 0 bridgehead atoms. The van der Waals surface area contributed by atoms with Gasteiger partial charge < -0.3 is 10.1 Å². The number of nitrogens with zero attached hydrogens (tertiary/aromatic N) is 2. The molecule has 0 saturated heterocycles. The molecule has 3 aromatic carbocycles. The lowest BCUT2D eigenvalue weighted by molar-refractivity contribution is -0.113. The fraction of sp³-hybridized carbons (Fsp3) is 0.125. The molecule has 0 atom stereocenters. The fourth-order valence-corrected chi connectivity index (χ4v) is 4.17. The monoisotopic (exact) mass is 467 g/mol. The highest BCUT2D eigenvalue weighted by Crippen LogP contribution is 2.28. The summed E-state index contributed by atoms with van der Waals surface area (Å²) in [6.45, 7) is 0. The van der Waals surface area contributed by atoms with Gasteiger partial charge in [0.05, 0.1) is 34.6 Å². The summed E-state index contributed by atoms with van der Waals surface area (Å²) in [5.41, 5.74) is 3.75. The van der Waals surface area contributed by atoms with Crippen LogP contribution in [0.1, 0.15) is 11.3 Å². The summed E-state index contributed by atoms with van der Waals surface area (Å²) < 4.78 is 18.4. The van der Waals surface area contributed by atoms with E-state index in [0.717, 1.165) is 22.3 Å². The minimum absolute atomic E-state index is 0.146. The molecule has 0 aliphatic carbocycles. The molecule has 1 N–H and O–H groups in total. The number of aromatic nitrogens is 2. The quantitative estimate of drug-likeness (QED) is 0.350. The first kappa shape index (κ1) is 22.0. The van der Waals surface area contributed by atoms with Gasteiger partial charge in [0.15, 0.2) is 0 Å². The second-order valence-corrected chi connectivity index (χ2v) is 8.32. The molecule has 1 amide bonds. The summed E-state index contributed by atoms with van der Waals surface area (Å²) in [5.74, 6) is 0.200. The van der Waals surface area contributed by atoms with E-state index in [-0.39, 0.29) is 17.5 Å². The predicted molar refractivity (Wildman–Crippen MR) is 126 cm³/mol. The third-order valence-corrected chi connectivity index (χ3v) is 5.97. The molecule has 0 saturated carbocycles. The van der Waals surface area contributed by atoms with Crippen molar-refractivity contribution in [1.82, 2.24) is 9.97 Å². The van der Waals surface area contributed by atoms with Gasteiger partial charge in [-0.1, -0.05) is 47.6 Å². The Kier molecular flexibility index (Phi) is 6.87. The fourth-order valence-electron chi connectivity index (χ4n) is 3.12. The Morgan fingerprint density at radius 2 is 1.78 bits per heavy atom. The maximum Gasteiger partial charge on any atom is 0.234 e. The topological polar surface area (TPSA) is 64.1 Å². The van der Waals surface area contributed by atoms with Crippen LogP contribution in [0.25, 0.3) is 11.0 Å². The van der Waals surface area contributed by atoms with Gasteiger partial charge in [0.1, 0.15) is 16.6 Å². The first-order valence-electron chi connectivity index (χ1n) is 9.78. The van der Waals surface area contributed by atoms with Crippen molar-refractivity contribution < 1.29 is 13.9 Å². The molecule has 0 fully saturated rings. The average Bonchev–Trinajstić information content (AvgIpc) is 2.79. The van der Waals surface area contributed by atoms with Gasteiger partial charge in [0.2, 0.25) is 5.91 Å². The number of fused-ring (bicyclic) bond motifs is 1. The van der Waals surface area contributed by atoms with E-state index in [9.17, 15) is 9.18 Å². The summed E-state index contributed by atoms with van der Waals surface area (Å²) in [5, 5.41) is 3.91. The van der Waals surface area contributed by atoms with Crippen LogP contribution in [0.15, 0.2) is 71.8 Å². The van der Waals surface area contributed by atoms with Crippen LogP contribution in [0.5, 0.6) is 5.75 Å². The minimum atomic E-state index is -0.289. The molecule has 8 heteroatoms. The van der Waals surface area contributed by atoms with Gasteiger partial charge in [-0.2, -0.15) is 0 Å². The summed E-state index contributed by atoms with van der Waals surface area (Å²) in [7, 11) is 1.53. The van der Waals surface area contributed by atoms with E-state index in [1.807, 2.05) is 24.3 Å². The number of rotatable bonds is 7. The molecule has 0 unspecified atom stereocenters. The Morgan fingerprint density at radius 1 is 1.06 bits per heavy atom. The Labute approximate surface area is 194 Å². The molecule has 0 aliphatic heterocycles. The van der Waals surface area contributed by atoms with Crippen LogP contribution in [0, 0.1) is 5.82 Å². The summed E-state index contributed by atoms with van der Waals surface area (Å²) >= 11 is 7.43. The normalized spacial score (nSPS) is 10.8. The molecule has 4 aromatic rings. The zero-order chi connectivity index (χ0) is 22.5. The maximum atomic E-state index is 13.3. The molecular formula is C24H19ClFN3O2S. The molecule has 4 rings (SSSR count). The third kappa shape index (κ3) is 5.36. The van der Waals surface area contributed by atoms with Crippen molar-refractivity contribution >= 4 is 46.0 Å². The van der Waals surface area contributed by atoms with E-state index >= 15 is 0 Å². The highest BCUT2D eigenvalue weighted by molar-refractivity contribution is 8.00. The van der Waals surface area contributed by atoms with Crippen LogP contribution in [0.2, 0.25) is 5.02 Å². The Morgan fingerprint density at radius 3 is 2.47 bits per heavy atom. The number of para-hydroxylation sites is 2. The van der Waals surface area contributed by atoms with Crippen LogP contribution in [0.4, 0.5) is 10.1 Å². The van der Waals surface area contributed by atoms with Crippen LogP contribution in [-0.4, -0.2) is 28.7 Å². The largest absolute Gasteiger partial charge is 0.495 e. The van der Waals surface area contributed by atoms with Gasteiger partial charge >= 0.3 is 0 Å². The number of hydrogen-bond donors (Lipinski definition) is 1. The smallest absolute Gasteiger partial charge is 0.234 e. The summed E-state index contributed by atoms with van der Waals surface area (Å²) in [6, 6.07) is 18.9. The van der Waals surface area contributed by atoms with Crippen molar-refractivity contribution in [3.63, 3.8) is 0 Å². The van der Waals surface area contributed by atoms with Gasteiger partial charge in [-0.25, -0.2) is 14.4 Å². The van der Waals surface area contributed by atoms with E-state index in [2.05, 4.69) is 5.32 Å². The Hall–Kier alpha value is -3.16. The maximum absolute atomic E-state index is 13.3. The van der Waals surface area contributed by atoms with Crippen LogP contribution in [0.3, 0.4) is 0 Å². The Bertz CT molecular complexity index is 1270. The van der Waals surface area contributed by atoms with Crippen molar-refractivity contribution in [2.45, 2.75) is 11.4 Å². The SMILES string of the molecule is COc1ccc(NC(=O)CSc2nc3ccccc3nc2Cc2ccc(F)cc2)cc1Cl. The lowest BCUT2D eigenvalue weighted by atomic mass is 10.1. The van der Waals surface area contributed by atoms with Crippen molar-refractivity contribution in [2.24, 2.45) is 0 Å². The average molecular weight is 468 g/mol. The zero-order valence-corrected chi connectivity index (χ0v) is 18.7. The predicted octanol–water partition coefficient (Wildman–Crippen LogP) is 5.75. The number of nitrogens with one attached hydrogen (secondary N) is 1. The zero-order valence-electron chi connectivity index (χ0n) is 17.1.